The van der Waals surface area contributed by atoms with Gasteiger partial charge in [-0.25, -0.2) is 14.8 Å². The highest BCUT2D eigenvalue weighted by molar-refractivity contribution is 6.09. The Morgan fingerprint density at radius 1 is 0.800 bits per heavy atom. The van der Waals surface area contributed by atoms with Crippen LogP contribution in [-0.4, -0.2) is 9.97 Å². The molecule has 0 radical (unpaired) electrons. The van der Waals surface area contributed by atoms with Gasteiger partial charge in [0, 0.05) is 11.1 Å². The van der Waals surface area contributed by atoms with Gasteiger partial charge in [-0.15, -0.1) is 0 Å². The van der Waals surface area contributed by atoms with Crippen LogP contribution in [0.5, 0.6) is 0 Å². The van der Waals surface area contributed by atoms with Crippen molar-refractivity contribution in [2.75, 3.05) is 0 Å². The fourth-order valence-electron chi connectivity index (χ4n) is 3.88. The summed E-state index contributed by atoms with van der Waals surface area (Å²) in [6.45, 7) is 12.0. The molecular formula is C26H20N4. The first kappa shape index (κ1) is 19.3. The molecule has 1 heterocycles. The van der Waals surface area contributed by atoms with Crippen molar-refractivity contribution in [3.8, 4) is 28.3 Å². The molecule has 144 valence electrons. The van der Waals surface area contributed by atoms with Crippen LogP contribution < -0.4 is 0 Å². The minimum atomic E-state index is 0.329. The van der Waals surface area contributed by atoms with Gasteiger partial charge in [0.2, 0.25) is 5.69 Å². The minimum Gasteiger partial charge on any atom is -0.250 e. The van der Waals surface area contributed by atoms with Gasteiger partial charge in [-0.1, -0.05) is 74.5 Å². The van der Waals surface area contributed by atoms with Gasteiger partial charge in [0.1, 0.15) is 0 Å². The third-order valence-corrected chi connectivity index (χ3v) is 5.27. The smallest absolute Gasteiger partial charge is 0.215 e. The number of benzene rings is 3. The largest absolute Gasteiger partial charge is 0.250 e. The maximum Gasteiger partial charge on any atom is 0.215 e. The number of rotatable bonds is 4. The number of aromatic nitrogens is 2. The Hall–Kier alpha value is -4.02. The molecular weight excluding hydrogens is 368 g/mol. The summed E-state index contributed by atoms with van der Waals surface area (Å²) in [5.41, 5.74) is 7.00. The molecule has 0 spiro atoms. The molecule has 4 rings (SSSR count). The zero-order valence-corrected chi connectivity index (χ0v) is 17.0. The van der Waals surface area contributed by atoms with Gasteiger partial charge < -0.3 is 0 Å². The van der Waals surface area contributed by atoms with Gasteiger partial charge in [-0.05, 0) is 24.0 Å². The molecule has 0 N–H and O–H groups in total. The molecule has 0 aliphatic rings. The van der Waals surface area contributed by atoms with Crippen molar-refractivity contribution < 1.29 is 0 Å². The SMILES string of the molecule is [C-]#[N+]c1c(C#N)c(-c2ccccc2)c2nc(CC)c(CC)nc2c1-c1ccccc1. The second-order valence-corrected chi connectivity index (χ2v) is 6.95. The Balaban J connectivity index is 2.28. The third kappa shape index (κ3) is 3.09. The van der Waals surface area contributed by atoms with E-state index in [2.05, 4.69) is 24.8 Å². The summed E-state index contributed by atoms with van der Waals surface area (Å²) in [6, 6.07) is 21.7. The molecule has 0 saturated heterocycles. The van der Waals surface area contributed by atoms with Crippen molar-refractivity contribution in [2.24, 2.45) is 0 Å². The number of hydrogen-bond donors (Lipinski definition) is 0. The van der Waals surface area contributed by atoms with Crippen LogP contribution in [0.1, 0.15) is 30.8 Å². The zero-order chi connectivity index (χ0) is 21.1. The number of aryl methyl sites for hydroxylation is 2. The molecule has 4 heteroatoms. The van der Waals surface area contributed by atoms with Crippen LogP contribution in [0.2, 0.25) is 0 Å². The average molecular weight is 388 g/mol. The first-order chi connectivity index (χ1) is 14.7. The van der Waals surface area contributed by atoms with Crippen molar-refractivity contribution in [2.45, 2.75) is 26.7 Å². The molecule has 0 aliphatic carbocycles. The van der Waals surface area contributed by atoms with Crippen LogP contribution in [-0.2, 0) is 12.8 Å². The van der Waals surface area contributed by atoms with E-state index in [1.165, 1.54) is 0 Å². The highest BCUT2D eigenvalue weighted by Crippen LogP contribution is 2.45. The van der Waals surface area contributed by atoms with Crippen molar-refractivity contribution in [3.05, 3.63) is 89.0 Å². The van der Waals surface area contributed by atoms with E-state index in [0.717, 1.165) is 35.4 Å². The lowest BCUT2D eigenvalue weighted by molar-refractivity contribution is 0.931. The molecule has 1 aromatic heterocycles. The van der Waals surface area contributed by atoms with E-state index in [9.17, 15) is 5.26 Å². The van der Waals surface area contributed by atoms with E-state index < -0.39 is 0 Å². The van der Waals surface area contributed by atoms with Gasteiger partial charge in [-0.2, -0.15) is 5.26 Å². The first-order valence-electron chi connectivity index (χ1n) is 10.0. The van der Waals surface area contributed by atoms with E-state index in [1.807, 2.05) is 60.7 Å². The maximum atomic E-state index is 10.1. The molecule has 0 bridgehead atoms. The second kappa shape index (κ2) is 8.15. The summed E-state index contributed by atoms with van der Waals surface area (Å²) < 4.78 is 0. The molecule has 4 aromatic rings. The fraction of sp³-hybridized carbons (Fsp3) is 0.154. The quantitative estimate of drug-likeness (QED) is 0.374. The van der Waals surface area contributed by atoms with Crippen LogP contribution >= 0.6 is 0 Å². The third-order valence-electron chi connectivity index (χ3n) is 5.27. The summed E-state index contributed by atoms with van der Waals surface area (Å²) in [4.78, 5) is 13.8. The summed E-state index contributed by atoms with van der Waals surface area (Å²) >= 11 is 0. The summed E-state index contributed by atoms with van der Waals surface area (Å²) in [7, 11) is 0. The lowest BCUT2D eigenvalue weighted by Gasteiger charge is -2.17. The Bertz CT molecular complexity index is 1210. The Morgan fingerprint density at radius 2 is 1.27 bits per heavy atom. The Morgan fingerprint density at radius 3 is 1.70 bits per heavy atom. The van der Waals surface area contributed by atoms with Crippen LogP contribution in [0.3, 0.4) is 0 Å². The Labute approximate surface area is 176 Å². The number of nitrogens with zero attached hydrogens (tertiary/aromatic N) is 4. The molecule has 0 amide bonds. The lowest BCUT2D eigenvalue weighted by atomic mass is 9.90. The van der Waals surface area contributed by atoms with E-state index in [-0.39, 0.29) is 0 Å². The van der Waals surface area contributed by atoms with Gasteiger partial charge in [0.25, 0.3) is 0 Å². The first-order valence-corrected chi connectivity index (χ1v) is 10.0. The predicted octanol–water partition coefficient (Wildman–Crippen LogP) is 6.51. The molecule has 3 aromatic carbocycles. The highest BCUT2D eigenvalue weighted by atomic mass is 14.8. The standard InChI is InChI=1S/C26H20N4/c1-4-20-21(5-2)30-26-23(18-14-10-7-11-15-18)24(28-3)19(16-27)22(25(26)29-20)17-12-8-6-9-13-17/h6-15H,4-5H2,1-2H3. The normalized spacial score (nSPS) is 10.5. The summed E-state index contributed by atoms with van der Waals surface area (Å²) in [5.74, 6) is 0. The van der Waals surface area contributed by atoms with Crippen molar-refractivity contribution in [1.82, 2.24) is 9.97 Å². The van der Waals surface area contributed by atoms with E-state index >= 15 is 0 Å². The average Bonchev–Trinajstić information content (AvgIpc) is 2.82. The highest BCUT2D eigenvalue weighted by Gasteiger charge is 2.24. The Kier molecular flexibility index (Phi) is 5.24. The number of nitriles is 1. The minimum absolute atomic E-state index is 0.329. The maximum absolute atomic E-state index is 10.1. The van der Waals surface area contributed by atoms with Crippen LogP contribution in [0.15, 0.2) is 60.7 Å². The topological polar surface area (TPSA) is 53.9 Å². The fourth-order valence-corrected chi connectivity index (χ4v) is 3.88. The zero-order valence-electron chi connectivity index (χ0n) is 17.0. The molecule has 0 atom stereocenters. The molecule has 0 saturated carbocycles. The number of fused-ring (bicyclic) bond motifs is 1. The van der Waals surface area contributed by atoms with Gasteiger partial charge >= 0.3 is 0 Å². The lowest BCUT2D eigenvalue weighted by Crippen LogP contribution is -2.04. The van der Waals surface area contributed by atoms with E-state index in [1.54, 1.807) is 0 Å². The second-order valence-electron chi connectivity index (χ2n) is 6.95. The molecule has 4 nitrogen and oxygen atoms in total. The van der Waals surface area contributed by atoms with Crippen LogP contribution in [0.25, 0.3) is 38.1 Å². The summed E-state index contributed by atoms with van der Waals surface area (Å²) in [5, 5.41) is 10.1. The van der Waals surface area contributed by atoms with Gasteiger partial charge in [-0.3, -0.25) is 0 Å². The van der Waals surface area contributed by atoms with E-state index in [0.29, 0.717) is 33.4 Å². The molecule has 0 unspecified atom stereocenters. The van der Waals surface area contributed by atoms with Crippen molar-refractivity contribution in [1.29, 1.82) is 5.26 Å². The van der Waals surface area contributed by atoms with Gasteiger partial charge in [0.05, 0.1) is 40.6 Å². The monoisotopic (exact) mass is 388 g/mol. The number of hydrogen-bond acceptors (Lipinski definition) is 3. The van der Waals surface area contributed by atoms with Crippen molar-refractivity contribution >= 4 is 16.7 Å². The molecule has 0 aliphatic heterocycles. The van der Waals surface area contributed by atoms with Crippen LogP contribution in [0, 0.1) is 17.9 Å². The molecule has 30 heavy (non-hydrogen) atoms. The predicted molar refractivity (Wildman–Crippen MR) is 120 cm³/mol. The van der Waals surface area contributed by atoms with E-state index in [4.69, 9.17) is 16.5 Å². The van der Waals surface area contributed by atoms with Gasteiger partial charge in [0.15, 0.2) is 0 Å². The molecule has 0 fully saturated rings. The van der Waals surface area contributed by atoms with Crippen molar-refractivity contribution in [3.63, 3.8) is 0 Å². The van der Waals surface area contributed by atoms with Crippen LogP contribution in [0.4, 0.5) is 5.69 Å². The summed E-state index contributed by atoms with van der Waals surface area (Å²) in [6.07, 6.45) is 1.52.